The van der Waals surface area contributed by atoms with Crippen molar-refractivity contribution < 1.29 is 13.9 Å². The van der Waals surface area contributed by atoms with Crippen LogP contribution >= 0.6 is 11.6 Å². The van der Waals surface area contributed by atoms with E-state index in [4.69, 9.17) is 21.7 Å². The highest BCUT2D eigenvalue weighted by Crippen LogP contribution is 2.22. The Hall–Kier alpha value is -3.36. The monoisotopic (exact) mass is 562 g/mol. The third-order valence-corrected chi connectivity index (χ3v) is 7.69. The van der Waals surface area contributed by atoms with Gasteiger partial charge in [0, 0.05) is 35.8 Å². The number of rotatable bonds is 11. The lowest BCUT2D eigenvalue weighted by Gasteiger charge is -2.28. The summed E-state index contributed by atoms with van der Waals surface area (Å²) in [5, 5.41) is 12.2. The van der Waals surface area contributed by atoms with Crippen molar-refractivity contribution in [3.05, 3.63) is 93.8 Å². The zero-order valence-electron chi connectivity index (χ0n) is 23.3. The highest BCUT2D eigenvalue weighted by molar-refractivity contribution is 6.51. The summed E-state index contributed by atoms with van der Waals surface area (Å²) in [5.74, 6) is -0.201. The van der Waals surface area contributed by atoms with Crippen LogP contribution in [0, 0.1) is 11.2 Å². The standard InChI is InChI=1S/C31H37BClFN4O2/c1-32-24-12-14-29(40-2)23(20-24)11-13-26-27(9-6-10-28(26)34)30(39)36-31(35)38(18-17-37-15-3-4-16-37)21-22-7-5-8-25(33)19-22/h5-10,12,14,19-20,32H,3-4,11,13,15-18,21H2,1-2H3,(H2,35,36,39). The number of aryl methyl sites for hydroxylation is 1. The molecular weight excluding hydrogens is 526 g/mol. The molecule has 0 bridgehead atoms. The van der Waals surface area contributed by atoms with Gasteiger partial charge in [0.25, 0.3) is 5.91 Å². The molecule has 2 N–H and O–H groups in total. The van der Waals surface area contributed by atoms with Gasteiger partial charge >= 0.3 is 0 Å². The van der Waals surface area contributed by atoms with Gasteiger partial charge in [-0.2, -0.15) is 0 Å². The Morgan fingerprint density at radius 2 is 1.90 bits per heavy atom. The van der Waals surface area contributed by atoms with Crippen LogP contribution in [0.3, 0.4) is 0 Å². The van der Waals surface area contributed by atoms with E-state index in [-0.39, 0.29) is 11.5 Å². The van der Waals surface area contributed by atoms with E-state index in [0.29, 0.717) is 36.5 Å². The van der Waals surface area contributed by atoms with Crippen molar-refractivity contribution in [2.24, 2.45) is 0 Å². The molecule has 1 fully saturated rings. The fourth-order valence-corrected chi connectivity index (χ4v) is 5.39. The summed E-state index contributed by atoms with van der Waals surface area (Å²) in [5.41, 5.74) is 3.65. The van der Waals surface area contributed by atoms with Crippen molar-refractivity contribution in [3.63, 3.8) is 0 Å². The van der Waals surface area contributed by atoms with Crippen molar-refractivity contribution in [2.45, 2.75) is 39.1 Å². The molecule has 1 heterocycles. The number of nitrogens with one attached hydrogen (secondary N) is 2. The van der Waals surface area contributed by atoms with Crippen LogP contribution in [-0.4, -0.2) is 62.2 Å². The first-order valence-electron chi connectivity index (χ1n) is 13.9. The first-order valence-corrected chi connectivity index (χ1v) is 14.3. The molecule has 3 aromatic carbocycles. The SMILES string of the molecule is CBc1ccc(OC)c(CCc2c(F)cccc2C(=O)NC(=N)N(CCN2CCCC2)Cc2cccc(Cl)c2)c1. The lowest BCUT2D eigenvalue weighted by molar-refractivity contribution is 0.0969. The number of likely N-dealkylation sites (tertiary alicyclic amines) is 1. The van der Waals surface area contributed by atoms with E-state index in [2.05, 4.69) is 23.1 Å². The molecule has 6 nitrogen and oxygen atoms in total. The number of nitrogens with zero attached hydrogens (tertiary/aromatic N) is 2. The first-order chi connectivity index (χ1) is 19.4. The Balaban J connectivity index is 1.50. The Labute approximate surface area is 242 Å². The number of carbonyl (C=O) groups is 1. The number of amides is 1. The zero-order valence-corrected chi connectivity index (χ0v) is 24.1. The molecule has 0 unspecified atom stereocenters. The summed E-state index contributed by atoms with van der Waals surface area (Å²) in [7, 11) is 2.51. The van der Waals surface area contributed by atoms with Gasteiger partial charge in [-0.1, -0.05) is 54.2 Å². The maximum absolute atomic E-state index is 15.1. The van der Waals surface area contributed by atoms with Gasteiger partial charge in [0.1, 0.15) is 11.6 Å². The Morgan fingerprint density at radius 1 is 1.12 bits per heavy atom. The summed E-state index contributed by atoms with van der Waals surface area (Å²) in [6.07, 6.45) is 3.21. The maximum atomic E-state index is 15.1. The molecule has 9 heteroatoms. The molecule has 210 valence electrons. The van der Waals surface area contributed by atoms with E-state index in [1.54, 1.807) is 13.2 Å². The molecule has 3 aromatic rings. The van der Waals surface area contributed by atoms with E-state index in [9.17, 15) is 4.79 Å². The Kier molecular flexibility index (Phi) is 10.6. The van der Waals surface area contributed by atoms with Crippen LogP contribution in [-0.2, 0) is 19.4 Å². The van der Waals surface area contributed by atoms with Gasteiger partial charge in [0.2, 0.25) is 0 Å². The predicted octanol–water partition coefficient (Wildman–Crippen LogP) is 4.65. The minimum Gasteiger partial charge on any atom is -0.496 e. The number of hydrogen-bond donors (Lipinski definition) is 2. The number of methoxy groups -OCH3 is 1. The fourth-order valence-electron chi connectivity index (χ4n) is 5.18. The second-order valence-corrected chi connectivity index (χ2v) is 10.6. The van der Waals surface area contributed by atoms with Gasteiger partial charge in [-0.25, -0.2) is 4.39 Å². The number of benzene rings is 3. The minimum atomic E-state index is -0.494. The Morgan fingerprint density at radius 3 is 2.62 bits per heavy atom. The molecular formula is C31H37BClFN4O2. The number of carbonyl (C=O) groups excluding carboxylic acids is 1. The molecule has 4 rings (SSSR count). The van der Waals surface area contributed by atoms with Crippen LogP contribution in [0.4, 0.5) is 4.39 Å². The van der Waals surface area contributed by atoms with Crippen molar-refractivity contribution >= 4 is 36.2 Å². The second-order valence-electron chi connectivity index (χ2n) is 10.2. The average Bonchev–Trinajstić information content (AvgIpc) is 3.48. The number of ether oxygens (including phenoxy) is 1. The Bertz CT molecular complexity index is 1330. The number of hydrogen-bond acceptors (Lipinski definition) is 4. The van der Waals surface area contributed by atoms with Crippen LogP contribution in [0.25, 0.3) is 0 Å². The van der Waals surface area contributed by atoms with Crippen molar-refractivity contribution in [3.8, 4) is 5.75 Å². The third kappa shape index (κ3) is 7.86. The van der Waals surface area contributed by atoms with E-state index in [1.165, 1.54) is 30.4 Å². The minimum absolute atomic E-state index is 0.0169. The smallest absolute Gasteiger partial charge is 0.258 e. The quantitative estimate of drug-likeness (QED) is 0.203. The summed E-state index contributed by atoms with van der Waals surface area (Å²) in [6.45, 7) is 5.97. The summed E-state index contributed by atoms with van der Waals surface area (Å²) in [6, 6.07) is 18.1. The third-order valence-electron chi connectivity index (χ3n) is 7.46. The van der Waals surface area contributed by atoms with Crippen LogP contribution < -0.4 is 15.5 Å². The van der Waals surface area contributed by atoms with E-state index >= 15 is 4.39 Å². The molecule has 0 atom stereocenters. The summed E-state index contributed by atoms with van der Waals surface area (Å²) in [4.78, 5) is 17.6. The molecule has 1 aliphatic heterocycles. The molecule has 1 amide bonds. The fraction of sp³-hybridized carbons (Fsp3) is 0.355. The van der Waals surface area contributed by atoms with Crippen LogP contribution in [0.15, 0.2) is 60.7 Å². The molecule has 1 saturated heterocycles. The van der Waals surface area contributed by atoms with Crippen LogP contribution in [0.2, 0.25) is 11.8 Å². The molecule has 0 aromatic heterocycles. The summed E-state index contributed by atoms with van der Waals surface area (Å²) >= 11 is 6.20. The first kappa shape index (κ1) is 29.6. The molecule has 0 saturated carbocycles. The van der Waals surface area contributed by atoms with E-state index < -0.39 is 11.7 Å². The zero-order chi connectivity index (χ0) is 28.5. The largest absolute Gasteiger partial charge is 0.496 e. The predicted molar refractivity (Wildman–Crippen MR) is 162 cm³/mol. The second kappa shape index (κ2) is 14.3. The molecule has 0 radical (unpaired) electrons. The van der Waals surface area contributed by atoms with Gasteiger partial charge in [-0.05, 0) is 80.2 Å². The van der Waals surface area contributed by atoms with Crippen LogP contribution in [0.1, 0.15) is 39.9 Å². The van der Waals surface area contributed by atoms with Crippen LogP contribution in [0.5, 0.6) is 5.75 Å². The maximum Gasteiger partial charge on any atom is 0.258 e. The highest BCUT2D eigenvalue weighted by Gasteiger charge is 2.21. The summed E-state index contributed by atoms with van der Waals surface area (Å²) < 4.78 is 20.6. The van der Waals surface area contributed by atoms with Gasteiger partial charge in [-0.15, -0.1) is 0 Å². The van der Waals surface area contributed by atoms with Gasteiger partial charge in [-0.3, -0.25) is 15.5 Å². The number of guanidine groups is 1. The number of halogens is 2. The molecule has 0 spiro atoms. The lowest BCUT2D eigenvalue weighted by Crippen LogP contribution is -2.46. The van der Waals surface area contributed by atoms with E-state index in [0.717, 1.165) is 43.8 Å². The normalized spacial score (nSPS) is 13.2. The van der Waals surface area contributed by atoms with Gasteiger partial charge < -0.3 is 14.5 Å². The molecule has 1 aliphatic rings. The lowest BCUT2D eigenvalue weighted by atomic mass is 9.72. The average molecular weight is 563 g/mol. The van der Waals surface area contributed by atoms with Gasteiger partial charge in [0.15, 0.2) is 13.2 Å². The topological polar surface area (TPSA) is 68.7 Å². The van der Waals surface area contributed by atoms with Crippen molar-refractivity contribution in [1.82, 2.24) is 15.1 Å². The van der Waals surface area contributed by atoms with Gasteiger partial charge in [0.05, 0.1) is 7.11 Å². The van der Waals surface area contributed by atoms with Crippen molar-refractivity contribution in [2.75, 3.05) is 33.3 Å². The molecule has 0 aliphatic carbocycles. The van der Waals surface area contributed by atoms with E-state index in [1.807, 2.05) is 41.3 Å². The highest BCUT2D eigenvalue weighted by atomic mass is 35.5. The molecule has 40 heavy (non-hydrogen) atoms. The van der Waals surface area contributed by atoms with Crippen molar-refractivity contribution in [1.29, 1.82) is 5.41 Å².